The number of nitrogens with two attached hydrogens (primary N) is 1. The van der Waals surface area contributed by atoms with E-state index in [0.29, 0.717) is 6.54 Å². The highest BCUT2D eigenvalue weighted by Crippen LogP contribution is 2.09. The Morgan fingerprint density at radius 3 is 2.31 bits per heavy atom. The summed E-state index contributed by atoms with van der Waals surface area (Å²) < 4.78 is 0. The van der Waals surface area contributed by atoms with Crippen LogP contribution in [-0.4, -0.2) is 43.0 Å². The summed E-state index contributed by atoms with van der Waals surface area (Å²) in [6, 6.07) is -0.400. The first-order chi connectivity index (χ1) is 7.22. The molecule has 2 atom stereocenters. The molecule has 0 aromatic heterocycles. The normalized spacial score (nSPS) is 16.0. The maximum Gasteiger partial charge on any atom is 0.237 e. The molecular weight excluding hydrogens is 202 g/mol. The van der Waals surface area contributed by atoms with Crippen molar-refractivity contribution >= 4 is 5.91 Å². The summed E-state index contributed by atoms with van der Waals surface area (Å²) in [5.41, 5.74) is 5.80. The zero-order valence-corrected chi connectivity index (χ0v) is 11.5. The van der Waals surface area contributed by atoms with E-state index >= 15 is 0 Å². The third-order valence-corrected chi connectivity index (χ3v) is 3.47. The van der Waals surface area contributed by atoms with Crippen molar-refractivity contribution < 1.29 is 4.79 Å². The van der Waals surface area contributed by atoms with Gasteiger partial charge in [0, 0.05) is 12.1 Å². The lowest BCUT2D eigenvalue weighted by Crippen LogP contribution is -2.52. The Labute approximate surface area is 99.6 Å². The number of nitrogens with zero attached hydrogens (tertiary/aromatic N) is 1. The molecule has 0 spiro atoms. The van der Waals surface area contributed by atoms with Crippen molar-refractivity contribution in [2.24, 2.45) is 11.7 Å². The zero-order chi connectivity index (χ0) is 12.9. The van der Waals surface area contributed by atoms with E-state index in [2.05, 4.69) is 24.1 Å². The summed E-state index contributed by atoms with van der Waals surface area (Å²) in [4.78, 5) is 13.8. The van der Waals surface area contributed by atoms with Gasteiger partial charge in [0.25, 0.3) is 0 Å². The van der Waals surface area contributed by atoms with Gasteiger partial charge in [-0.1, -0.05) is 20.3 Å². The lowest BCUT2D eigenvalue weighted by Gasteiger charge is -2.33. The monoisotopic (exact) mass is 229 g/mol. The van der Waals surface area contributed by atoms with Crippen LogP contribution in [0.25, 0.3) is 0 Å². The molecule has 0 aromatic carbocycles. The van der Waals surface area contributed by atoms with Crippen molar-refractivity contribution in [1.29, 1.82) is 0 Å². The van der Waals surface area contributed by atoms with Crippen LogP contribution in [0.1, 0.15) is 34.1 Å². The van der Waals surface area contributed by atoms with Crippen molar-refractivity contribution in [3.05, 3.63) is 0 Å². The lowest BCUT2D eigenvalue weighted by atomic mass is 9.98. The van der Waals surface area contributed by atoms with Gasteiger partial charge in [0.2, 0.25) is 5.91 Å². The first-order valence-electron chi connectivity index (χ1n) is 5.93. The van der Waals surface area contributed by atoms with Gasteiger partial charge in [-0.25, -0.2) is 0 Å². The van der Waals surface area contributed by atoms with Crippen molar-refractivity contribution in [2.45, 2.75) is 45.7 Å². The molecule has 0 rings (SSSR count). The minimum absolute atomic E-state index is 0.0508. The summed E-state index contributed by atoms with van der Waals surface area (Å²) >= 11 is 0. The minimum Gasteiger partial charge on any atom is -0.353 e. The van der Waals surface area contributed by atoms with Crippen molar-refractivity contribution in [3.63, 3.8) is 0 Å². The Kier molecular flexibility index (Phi) is 5.97. The number of hydrogen-bond acceptors (Lipinski definition) is 3. The van der Waals surface area contributed by atoms with Gasteiger partial charge >= 0.3 is 0 Å². The maximum atomic E-state index is 11.8. The molecule has 0 unspecified atom stereocenters. The molecule has 0 bridgehead atoms. The fourth-order valence-electron chi connectivity index (χ4n) is 1.09. The van der Waals surface area contributed by atoms with Gasteiger partial charge in [0.15, 0.2) is 0 Å². The molecule has 4 heteroatoms. The first kappa shape index (κ1) is 15.4. The number of carbonyl (C=O) groups is 1. The van der Waals surface area contributed by atoms with Gasteiger partial charge in [0.1, 0.15) is 0 Å². The number of likely N-dealkylation sites (N-methyl/N-ethyl adjacent to an activating group) is 1. The second kappa shape index (κ2) is 6.21. The molecule has 16 heavy (non-hydrogen) atoms. The Morgan fingerprint density at radius 1 is 1.44 bits per heavy atom. The molecule has 0 aliphatic rings. The Morgan fingerprint density at radius 2 is 1.94 bits per heavy atom. The number of rotatable bonds is 6. The van der Waals surface area contributed by atoms with Crippen LogP contribution in [0.2, 0.25) is 0 Å². The first-order valence-corrected chi connectivity index (χ1v) is 5.93. The molecule has 3 N–H and O–H groups in total. The second-order valence-corrected chi connectivity index (χ2v) is 5.34. The molecule has 0 saturated carbocycles. The van der Waals surface area contributed by atoms with Gasteiger partial charge in [-0.3, -0.25) is 4.79 Å². The molecule has 96 valence electrons. The largest absolute Gasteiger partial charge is 0.353 e. The molecular formula is C12H27N3O. The van der Waals surface area contributed by atoms with E-state index in [1.807, 2.05) is 27.9 Å². The predicted molar refractivity (Wildman–Crippen MR) is 68.2 cm³/mol. The van der Waals surface area contributed by atoms with Crippen LogP contribution in [0.5, 0.6) is 0 Å². The van der Waals surface area contributed by atoms with Gasteiger partial charge in [-0.2, -0.15) is 0 Å². The molecule has 4 nitrogen and oxygen atoms in total. The van der Waals surface area contributed by atoms with Crippen molar-refractivity contribution in [3.8, 4) is 0 Å². The smallest absolute Gasteiger partial charge is 0.237 e. The summed E-state index contributed by atoms with van der Waals surface area (Å²) in [5.74, 6) is 0.173. The molecule has 0 saturated heterocycles. The molecule has 0 aliphatic heterocycles. The summed E-state index contributed by atoms with van der Waals surface area (Å²) in [7, 11) is 4.00. The molecule has 0 aromatic rings. The molecule has 0 aliphatic carbocycles. The van der Waals surface area contributed by atoms with E-state index in [-0.39, 0.29) is 17.4 Å². The quantitative estimate of drug-likeness (QED) is 0.709. The molecule has 0 heterocycles. The van der Waals surface area contributed by atoms with Crippen molar-refractivity contribution in [2.75, 3.05) is 20.6 Å². The van der Waals surface area contributed by atoms with Crippen LogP contribution in [0.4, 0.5) is 0 Å². The highest BCUT2D eigenvalue weighted by molar-refractivity contribution is 5.81. The number of hydrogen-bond donors (Lipinski definition) is 2. The van der Waals surface area contributed by atoms with E-state index in [0.717, 1.165) is 6.42 Å². The van der Waals surface area contributed by atoms with E-state index in [4.69, 9.17) is 5.73 Å². The maximum absolute atomic E-state index is 11.8. The van der Waals surface area contributed by atoms with E-state index in [1.165, 1.54) is 0 Å². The number of nitrogens with one attached hydrogen (secondary N) is 1. The Hall–Kier alpha value is -0.610. The standard InChI is InChI=1S/C12H27N3O/c1-7-9(2)10(13)11(16)14-8-12(3,4)15(5)6/h9-10H,7-8,13H2,1-6H3,(H,14,16)/t9-,10-/m0/s1. The van der Waals surface area contributed by atoms with Crippen LogP contribution < -0.4 is 11.1 Å². The van der Waals surface area contributed by atoms with Crippen LogP contribution >= 0.6 is 0 Å². The average Bonchev–Trinajstić information content (AvgIpc) is 2.23. The average molecular weight is 229 g/mol. The van der Waals surface area contributed by atoms with Crippen LogP contribution in [0.15, 0.2) is 0 Å². The molecule has 0 radical (unpaired) electrons. The third-order valence-electron chi connectivity index (χ3n) is 3.47. The summed E-state index contributed by atoms with van der Waals surface area (Å²) in [6.07, 6.45) is 0.922. The third kappa shape index (κ3) is 4.49. The second-order valence-electron chi connectivity index (χ2n) is 5.34. The van der Waals surface area contributed by atoms with Gasteiger partial charge in [-0.05, 0) is 33.9 Å². The van der Waals surface area contributed by atoms with Crippen LogP contribution in [-0.2, 0) is 4.79 Å². The SMILES string of the molecule is CC[C@H](C)[C@H](N)C(=O)NCC(C)(C)N(C)C. The van der Waals surface area contributed by atoms with Gasteiger partial charge < -0.3 is 16.0 Å². The number of amides is 1. The molecule has 1 amide bonds. The van der Waals surface area contributed by atoms with Crippen molar-refractivity contribution in [1.82, 2.24) is 10.2 Å². The molecule has 0 fully saturated rings. The fraction of sp³-hybridized carbons (Fsp3) is 0.917. The minimum atomic E-state index is -0.400. The van der Waals surface area contributed by atoms with E-state index in [9.17, 15) is 4.79 Å². The summed E-state index contributed by atoms with van der Waals surface area (Å²) in [5, 5.41) is 2.91. The summed E-state index contributed by atoms with van der Waals surface area (Å²) in [6.45, 7) is 8.83. The van der Waals surface area contributed by atoms with Gasteiger partial charge in [-0.15, -0.1) is 0 Å². The Balaban J connectivity index is 4.17. The Bertz CT molecular complexity index is 226. The topological polar surface area (TPSA) is 58.4 Å². The highest BCUT2D eigenvalue weighted by atomic mass is 16.2. The van der Waals surface area contributed by atoms with E-state index in [1.54, 1.807) is 0 Å². The fourth-order valence-corrected chi connectivity index (χ4v) is 1.09. The highest BCUT2D eigenvalue weighted by Gasteiger charge is 2.24. The van der Waals surface area contributed by atoms with Crippen LogP contribution in [0, 0.1) is 5.92 Å². The zero-order valence-electron chi connectivity index (χ0n) is 11.5. The lowest BCUT2D eigenvalue weighted by molar-refractivity contribution is -0.123. The predicted octanol–water partition coefficient (Wildman–Crippen LogP) is 0.816. The van der Waals surface area contributed by atoms with E-state index < -0.39 is 6.04 Å². The van der Waals surface area contributed by atoms with Gasteiger partial charge in [0.05, 0.1) is 6.04 Å². The van der Waals surface area contributed by atoms with Crippen LogP contribution in [0.3, 0.4) is 0 Å². The number of carbonyl (C=O) groups excluding carboxylic acids is 1.